The van der Waals surface area contributed by atoms with Crippen LogP contribution in [0.25, 0.3) is 0 Å². The molecule has 0 radical (unpaired) electrons. The van der Waals surface area contributed by atoms with Crippen LogP contribution in [-0.2, 0) is 25.2 Å². The van der Waals surface area contributed by atoms with Crippen molar-refractivity contribution >= 4 is 20.3 Å². The number of nitrogens with zero attached hydrogens (tertiary/aromatic N) is 1. The fraction of sp³-hybridized carbons (Fsp3) is 0.636. The molecular formula is C22H35NO5Si. The molecule has 1 aromatic rings. The molecule has 1 aliphatic rings. The monoisotopic (exact) mass is 421 g/mol. The molecule has 0 aliphatic carbocycles. The van der Waals surface area contributed by atoms with Gasteiger partial charge in [0, 0.05) is 13.5 Å². The van der Waals surface area contributed by atoms with E-state index in [2.05, 4.69) is 38.9 Å². The molecule has 0 bridgehead atoms. The van der Waals surface area contributed by atoms with E-state index in [1.54, 1.807) is 6.92 Å². The molecule has 0 spiro atoms. The van der Waals surface area contributed by atoms with Gasteiger partial charge in [0.15, 0.2) is 14.2 Å². The van der Waals surface area contributed by atoms with Crippen molar-refractivity contribution in [1.29, 1.82) is 0 Å². The highest BCUT2D eigenvalue weighted by molar-refractivity contribution is 6.74. The van der Waals surface area contributed by atoms with E-state index >= 15 is 0 Å². The molecule has 0 unspecified atom stereocenters. The Hall–Kier alpha value is -1.70. The van der Waals surface area contributed by atoms with Crippen LogP contribution in [-0.4, -0.2) is 45.7 Å². The first-order valence-electron chi connectivity index (χ1n) is 10.3. The quantitative estimate of drug-likeness (QED) is 0.353. The van der Waals surface area contributed by atoms with E-state index < -0.39 is 14.4 Å². The molecule has 1 fully saturated rings. The largest absolute Gasteiger partial charge is 0.478 e. The zero-order valence-electron chi connectivity index (χ0n) is 18.6. The van der Waals surface area contributed by atoms with E-state index in [0.717, 1.165) is 18.4 Å². The maximum Gasteiger partial charge on any atom is 0.436 e. The van der Waals surface area contributed by atoms with Gasteiger partial charge in [0.25, 0.3) is 0 Å². The Morgan fingerprint density at radius 3 is 2.55 bits per heavy atom. The van der Waals surface area contributed by atoms with Gasteiger partial charge in [0.1, 0.15) is 19.3 Å². The fourth-order valence-electron chi connectivity index (χ4n) is 2.77. The van der Waals surface area contributed by atoms with Crippen molar-refractivity contribution in [3.05, 3.63) is 35.9 Å². The molecular weight excluding hydrogens is 386 g/mol. The molecule has 2 rings (SSSR count). The second-order valence-corrected chi connectivity index (χ2v) is 13.7. The summed E-state index contributed by atoms with van der Waals surface area (Å²) in [5.41, 5.74) is 0.913. The van der Waals surface area contributed by atoms with E-state index in [1.807, 2.05) is 30.3 Å². The molecule has 2 atom stereocenters. The average molecular weight is 422 g/mol. The lowest BCUT2D eigenvalue weighted by molar-refractivity contribution is -0.0864. The molecule has 1 saturated heterocycles. The van der Waals surface area contributed by atoms with Gasteiger partial charge in [-0.3, -0.25) is 0 Å². The van der Waals surface area contributed by atoms with Crippen LogP contribution in [0.1, 0.15) is 46.1 Å². The van der Waals surface area contributed by atoms with Crippen LogP contribution in [0.2, 0.25) is 18.1 Å². The van der Waals surface area contributed by atoms with Crippen LogP contribution >= 0.6 is 0 Å². The summed E-state index contributed by atoms with van der Waals surface area (Å²) in [6.45, 7) is 14.0. The summed E-state index contributed by atoms with van der Waals surface area (Å²) in [5, 5.41) is 0.135. The first-order chi connectivity index (χ1) is 13.6. The molecule has 1 aromatic carbocycles. The Morgan fingerprint density at radius 2 is 1.90 bits per heavy atom. The van der Waals surface area contributed by atoms with Crippen LogP contribution in [0.3, 0.4) is 0 Å². The van der Waals surface area contributed by atoms with E-state index in [9.17, 15) is 4.79 Å². The smallest absolute Gasteiger partial charge is 0.436 e. The first kappa shape index (κ1) is 23.6. The maximum atomic E-state index is 11.9. The summed E-state index contributed by atoms with van der Waals surface area (Å²) < 4.78 is 23.3. The summed E-state index contributed by atoms with van der Waals surface area (Å²) in [5.74, 6) is 0.267. The number of hydrogen-bond donors (Lipinski definition) is 0. The highest BCUT2D eigenvalue weighted by Gasteiger charge is 2.41. The molecule has 1 aliphatic heterocycles. The zero-order chi connectivity index (χ0) is 21.5. The van der Waals surface area contributed by atoms with Crippen LogP contribution in [0.15, 0.2) is 35.3 Å². The highest BCUT2D eigenvalue weighted by Crippen LogP contribution is 2.38. The standard InChI is InChI=1S/C22H35NO5Si/c1-17(23-21(24)27-15-18-11-8-7-9-12-18)26-16-20-19(13-10-14-25-20)28-29(5,6)22(2,3)4/h7-9,11-12,19-20H,10,13-16H2,1-6H3/b23-17-/t19-,20+/m0/s1. The average Bonchev–Trinajstić information content (AvgIpc) is 2.65. The summed E-state index contributed by atoms with van der Waals surface area (Å²) in [7, 11) is -1.90. The van der Waals surface area contributed by atoms with Gasteiger partial charge in [-0.05, 0) is 36.5 Å². The van der Waals surface area contributed by atoms with Gasteiger partial charge >= 0.3 is 6.09 Å². The maximum absolute atomic E-state index is 11.9. The molecule has 6 nitrogen and oxygen atoms in total. The number of amides is 1. The number of carbonyl (C=O) groups excluding carboxylic acids is 1. The number of carbonyl (C=O) groups is 1. The molecule has 162 valence electrons. The minimum atomic E-state index is -1.90. The van der Waals surface area contributed by atoms with Crippen LogP contribution < -0.4 is 0 Å². The molecule has 1 heterocycles. The van der Waals surface area contributed by atoms with Crippen LogP contribution in [0.4, 0.5) is 4.79 Å². The highest BCUT2D eigenvalue weighted by atomic mass is 28.4. The van der Waals surface area contributed by atoms with E-state index in [1.165, 1.54) is 0 Å². The topological polar surface area (TPSA) is 66.4 Å². The van der Waals surface area contributed by atoms with Crippen molar-refractivity contribution in [2.45, 2.75) is 77.5 Å². The minimum absolute atomic E-state index is 0.00229. The normalized spacial score (nSPS) is 21.0. The van der Waals surface area contributed by atoms with E-state index in [0.29, 0.717) is 13.2 Å². The van der Waals surface area contributed by atoms with Crippen molar-refractivity contribution < 1.29 is 23.4 Å². The lowest BCUT2D eigenvalue weighted by Crippen LogP contribution is -2.50. The van der Waals surface area contributed by atoms with Gasteiger partial charge in [0.05, 0.1) is 6.10 Å². The lowest BCUT2D eigenvalue weighted by atomic mass is 10.1. The van der Waals surface area contributed by atoms with Gasteiger partial charge in [0.2, 0.25) is 0 Å². The Bertz CT molecular complexity index is 684. The van der Waals surface area contributed by atoms with E-state index in [4.69, 9.17) is 18.6 Å². The number of hydrogen-bond acceptors (Lipinski definition) is 5. The summed E-state index contributed by atoms with van der Waals surface area (Å²) in [6.07, 6.45) is 1.11. The first-order valence-corrected chi connectivity index (χ1v) is 13.2. The number of aliphatic imine (C=N–C) groups is 1. The predicted octanol–water partition coefficient (Wildman–Crippen LogP) is 5.33. The van der Waals surface area contributed by atoms with Gasteiger partial charge in [-0.15, -0.1) is 4.99 Å². The van der Waals surface area contributed by atoms with Gasteiger partial charge in [-0.25, -0.2) is 4.79 Å². The molecule has 0 saturated carbocycles. The number of rotatable bonds is 6. The Labute approximate surface area is 175 Å². The predicted molar refractivity (Wildman–Crippen MR) is 117 cm³/mol. The zero-order valence-corrected chi connectivity index (χ0v) is 19.6. The SMILES string of the molecule is C/C(=N/C(=O)OCc1ccccc1)OC[C@H]1OCCC[C@@H]1O[Si](C)(C)C(C)(C)C. The van der Waals surface area contributed by atoms with Gasteiger partial charge in [-0.2, -0.15) is 0 Å². The van der Waals surface area contributed by atoms with Crippen LogP contribution in [0, 0.1) is 0 Å². The molecule has 0 N–H and O–H groups in total. The van der Waals surface area contributed by atoms with Gasteiger partial charge in [-0.1, -0.05) is 51.1 Å². The summed E-state index contributed by atoms with van der Waals surface area (Å²) >= 11 is 0. The van der Waals surface area contributed by atoms with Crippen molar-refractivity contribution in [2.75, 3.05) is 13.2 Å². The lowest BCUT2D eigenvalue weighted by Gasteiger charge is -2.42. The van der Waals surface area contributed by atoms with Crippen LogP contribution in [0.5, 0.6) is 0 Å². The third-order valence-electron chi connectivity index (χ3n) is 5.54. The Morgan fingerprint density at radius 1 is 1.21 bits per heavy atom. The molecule has 1 amide bonds. The Balaban J connectivity index is 1.85. The Kier molecular flexibility index (Phi) is 8.42. The number of benzene rings is 1. The fourth-order valence-corrected chi connectivity index (χ4v) is 4.15. The third kappa shape index (κ3) is 7.57. The molecule has 7 heteroatoms. The van der Waals surface area contributed by atoms with Crippen molar-refractivity contribution in [3.8, 4) is 0 Å². The molecule has 0 aromatic heterocycles. The number of ether oxygens (including phenoxy) is 3. The second kappa shape index (κ2) is 10.4. The van der Waals surface area contributed by atoms with Crippen molar-refractivity contribution in [2.24, 2.45) is 4.99 Å². The van der Waals surface area contributed by atoms with Crippen molar-refractivity contribution in [3.63, 3.8) is 0 Å². The second-order valence-electron chi connectivity index (χ2n) is 8.95. The third-order valence-corrected chi connectivity index (χ3v) is 10.0. The summed E-state index contributed by atoms with van der Waals surface area (Å²) in [4.78, 5) is 15.8. The summed E-state index contributed by atoms with van der Waals surface area (Å²) in [6, 6.07) is 9.49. The van der Waals surface area contributed by atoms with Gasteiger partial charge < -0.3 is 18.6 Å². The molecule has 29 heavy (non-hydrogen) atoms. The minimum Gasteiger partial charge on any atom is -0.478 e. The van der Waals surface area contributed by atoms with E-state index in [-0.39, 0.29) is 29.8 Å². The van der Waals surface area contributed by atoms with Crippen molar-refractivity contribution in [1.82, 2.24) is 0 Å².